The second-order valence-electron chi connectivity index (χ2n) is 3.56. The number of carboxylic acid groups (broad SMARTS) is 1. The maximum absolute atomic E-state index is 11.8. The van der Waals surface area contributed by atoms with Gasteiger partial charge in [-0.1, -0.05) is 6.92 Å². The molecule has 0 fully saturated rings. The summed E-state index contributed by atoms with van der Waals surface area (Å²) in [6.07, 6.45) is 3.22. The van der Waals surface area contributed by atoms with Crippen molar-refractivity contribution in [3.05, 3.63) is 23.8 Å². The maximum Gasteiger partial charge on any atom is 0.332 e. The topological polar surface area (TPSA) is 119 Å². The van der Waals surface area contributed by atoms with Gasteiger partial charge in [0.25, 0.3) is 11.7 Å². The second-order valence-corrected chi connectivity index (χ2v) is 3.56. The number of carbonyl (C=O) groups is 2. The zero-order valence-electron chi connectivity index (χ0n) is 10.0. The van der Waals surface area contributed by atoms with Gasteiger partial charge in [0, 0.05) is 6.20 Å². The molecule has 2 heterocycles. The van der Waals surface area contributed by atoms with Gasteiger partial charge < -0.3 is 5.11 Å². The van der Waals surface area contributed by atoms with Gasteiger partial charge in [-0.2, -0.15) is 10.1 Å². The summed E-state index contributed by atoms with van der Waals surface area (Å²) in [7, 11) is 0. The van der Waals surface area contributed by atoms with Gasteiger partial charge in [0.2, 0.25) is 0 Å². The van der Waals surface area contributed by atoms with Crippen LogP contribution in [0.5, 0.6) is 0 Å². The molecule has 0 radical (unpaired) electrons. The van der Waals surface area contributed by atoms with Crippen LogP contribution in [-0.2, 0) is 16.1 Å². The first kappa shape index (κ1) is 12.9. The highest BCUT2D eigenvalue weighted by molar-refractivity contribution is 5.94. The minimum Gasteiger partial charge on any atom is -0.479 e. The van der Waals surface area contributed by atoms with Gasteiger partial charge in [0.1, 0.15) is 6.33 Å². The number of rotatable bonds is 5. The Labute approximate surface area is 107 Å². The summed E-state index contributed by atoms with van der Waals surface area (Å²) in [5.41, 5.74) is 2.91. The van der Waals surface area contributed by atoms with E-state index >= 15 is 0 Å². The molecule has 100 valence electrons. The van der Waals surface area contributed by atoms with Crippen LogP contribution < -0.4 is 5.48 Å². The predicted octanol–water partition coefficient (Wildman–Crippen LogP) is -0.567. The Morgan fingerprint density at radius 3 is 2.95 bits per heavy atom. The predicted molar refractivity (Wildman–Crippen MR) is 61.2 cm³/mol. The SMILES string of the molecule is CCc1c(C(=O)NOCC(=O)O)cnc2ncnn12. The Balaban J connectivity index is 2.23. The Morgan fingerprint density at radius 2 is 2.26 bits per heavy atom. The van der Waals surface area contributed by atoms with E-state index in [0.29, 0.717) is 17.9 Å². The first-order chi connectivity index (χ1) is 9.13. The quantitative estimate of drug-likeness (QED) is 0.695. The summed E-state index contributed by atoms with van der Waals surface area (Å²) in [5, 5.41) is 12.4. The number of hydrogen-bond acceptors (Lipinski definition) is 6. The molecule has 0 aromatic carbocycles. The number of aryl methyl sites for hydroxylation is 1. The molecule has 2 aromatic heterocycles. The molecule has 0 saturated carbocycles. The molecule has 19 heavy (non-hydrogen) atoms. The molecule has 1 amide bonds. The highest BCUT2D eigenvalue weighted by Gasteiger charge is 2.15. The van der Waals surface area contributed by atoms with Crippen LogP contribution in [0.3, 0.4) is 0 Å². The summed E-state index contributed by atoms with van der Waals surface area (Å²) in [5.74, 6) is -1.37. The lowest BCUT2D eigenvalue weighted by molar-refractivity contribution is -0.144. The lowest BCUT2D eigenvalue weighted by Crippen LogP contribution is -2.28. The number of carboxylic acids is 1. The van der Waals surface area contributed by atoms with Crippen molar-refractivity contribution in [1.82, 2.24) is 25.1 Å². The van der Waals surface area contributed by atoms with Gasteiger partial charge in [-0.05, 0) is 6.42 Å². The third-order valence-electron chi connectivity index (χ3n) is 2.35. The average Bonchev–Trinajstić information content (AvgIpc) is 2.85. The van der Waals surface area contributed by atoms with Crippen LogP contribution in [0.25, 0.3) is 5.78 Å². The largest absolute Gasteiger partial charge is 0.479 e. The van der Waals surface area contributed by atoms with E-state index in [1.165, 1.54) is 17.0 Å². The van der Waals surface area contributed by atoms with Crippen molar-refractivity contribution in [3.8, 4) is 0 Å². The van der Waals surface area contributed by atoms with Gasteiger partial charge in [-0.25, -0.2) is 19.8 Å². The molecule has 9 heteroatoms. The zero-order chi connectivity index (χ0) is 13.8. The molecule has 0 atom stereocenters. The molecule has 0 saturated heterocycles. The molecule has 0 aliphatic rings. The number of hydrogen-bond donors (Lipinski definition) is 2. The van der Waals surface area contributed by atoms with Crippen molar-refractivity contribution in [2.24, 2.45) is 0 Å². The Hall–Kier alpha value is -2.55. The molecule has 0 spiro atoms. The Bertz CT molecular complexity index is 623. The minimum absolute atomic E-state index is 0.255. The number of carbonyl (C=O) groups excluding carboxylic acids is 1. The van der Waals surface area contributed by atoms with Crippen molar-refractivity contribution >= 4 is 17.7 Å². The number of nitrogens with zero attached hydrogens (tertiary/aromatic N) is 4. The van der Waals surface area contributed by atoms with Crippen molar-refractivity contribution in [2.75, 3.05) is 6.61 Å². The standard InChI is InChI=1S/C10H11N5O4/c1-2-7-6(9(18)14-19-4-8(16)17)3-11-10-12-5-13-15(7)10/h3,5H,2,4H2,1H3,(H,14,18)(H,16,17). The van der Waals surface area contributed by atoms with Gasteiger partial charge in [-0.15, -0.1) is 0 Å². The van der Waals surface area contributed by atoms with Crippen molar-refractivity contribution in [1.29, 1.82) is 0 Å². The molecular formula is C10H11N5O4. The first-order valence-corrected chi connectivity index (χ1v) is 5.45. The third kappa shape index (κ3) is 2.65. The first-order valence-electron chi connectivity index (χ1n) is 5.45. The van der Waals surface area contributed by atoms with E-state index in [4.69, 9.17) is 5.11 Å². The number of aliphatic carboxylic acids is 1. The number of hydroxylamine groups is 1. The van der Waals surface area contributed by atoms with Crippen LogP contribution in [0.2, 0.25) is 0 Å². The molecule has 2 N–H and O–H groups in total. The van der Waals surface area contributed by atoms with Crippen molar-refractivity contribution in [3.63, 3.8) is 0 Å². The van der Waals surface area contributed by atoms with E-state index in [9.17, 15) is 9.59 Å². The Morgan fingerprint density at radius 1 is 1.47 bits per heavy atom. The lowest BCUT2D eigenvalue weighted by atomic mass is 10.2. The molecule has 2 rings (SSSR count). The monoisotopic (exact) mass is 265 g/mol. The lowest BCUT2D eigenvalue weighted by Gasteiger charge is -2.08. The van der Waals surface area contributed by atoms with E-state index < -0.39 is 18.5 Å². The van der Waals surface area contributed by atoms with Crippen LogP contribution in [0, 0.1) is 0 Å². The fraction of sp³-hybridized carbons (Fsp3) is 0.300. The Kier molecular flexibility index (Phi) is 3.66. The fourth-order valence-corrected chi connectivity index (χ4v) is 1.57. The molecule has 0 unspecified atom stereocenters. The number of aromatic nitrogens is 4. The van der Waals surface area contributed by atoms with Crippen LogP contribution in [0.15, 0.2) is 12.5 Å². The van der Waals surface area contributed by atoms with E-state index in [0.717, 1.165) is 0 Å². The van der Waals surface area contributed by atoms with Crippen LogP contribution >= 0.6 is 0 Å². The number of fused-ring (bicyclic) bond motifs is 1. The summed E-state index contributed by atoms with van der Waals surface area (Å²) in [6.45, 7) is 1.23. The molecule has 2 aromatic rings. The van der Waals surface area contributed by atoms with E-state index in [1.54, 1.807) is 0 Å². The summed E-state index contributed by atoms with van der Waals surface area (Å²) < 4.78 is 1.45. The molecule has 9 nitrogen and oxygen atoms in total. The van der Waals surface area contributed by atoms with Crippen LogP contribution in [-0.4, -0.2) is 43.2 Å². The number of amides is 1. The molecule has 0 aliphatic heterocycles. The highest BCUT2D eigenvalue weighted by Crippen LogP contribution is 2.09. The molecule has 0 bridgehead atoms. The minimum atomic E-state index is -1.18. The van der Waals surface area contributed by atoms with Crippen LogP contribution in [0.1, 0.15) is 23.0 Å². The van der Waals surface area contributed by atoms with Gasteiger partial charge in [-0.3, -0.25) is 9.63 Å². The molecular weight excluding hydrogens is 254 g/mol. The zero-order valence-corrected chi connectivity index (χ0v) is 10.0. The summed E-state index contributed by atoms with van der Waals surface area (Å²) in [6, 6.07) is 0. The van der Waals surface area contributed by atoms with E-state index in [1.807, 2.05) is 12.4 Å². The van der Waals surface area contributed by atoms with Crippen molar-refractivity contribution < 1.29 is 19.5 Å². The van der Waals surface area contributed by atoms with E-state index in [-0.39, 0.29) is 5.56 Å². The summed E-state index contributed by atoms with van der Waals surface area (Å²) in [4.78, 5) is 34.5. The molecule has 0 aliphatic carbocycles. The summed E-state index contributed by atoms with van der Waals surface area (Å²) >= 11 is 0. The van der Waals surface area contributed by atoms with Gasteiger partial charge in [0.15, 0.2) is 6.61 Å². The average molecular weight is 265 g/mol. The smallest absolute Gasteiger partial charge is 0.332 e. The second kappa shape index (κ2) is 5.40. The maximum atomic E-state index is 11.8. The van der Waals surface area contributed by atoms with E-state index in [2.05, 4.69) is 19.9 Å². The van der Waals surface area contributed by atoms with Gasteiger partial charge in [0.05, 0.1) is 11.3 Å². The van der Waals surface area contributed by atoms with Crippen molar-refractivity contribution in [2.45, 2.75) is 13.3 Å². The number of nitrogens with one attached hydrogen (secondary N) is 1. The van der Waals surface area contributed by atoms with Crippen LogP contribution in [0.4, 0.5) is 0 Å². The van der Waals surface area contributed by atoms with Gasteiger partial charge >= 0.3 is 5.97 Å². The fourth-order valence-electron chi connectivity index (χ4n) is 1.57. The normalized spacial score (nSPS) is 10.6. The highest BCUT2D eigenvalue weighted by atomic mass is 16.7. The third-order valence-corrected chi connectivity index (χ3v) is 2.35.